The minimum absolute atomic E-state index is 0.689. The van der Waals surface area contributed by atoms with E-state index in [-0.39, 0.29) is 0 Å². The predicted octanol–water partition coefficient (Wildman–Crippen LogP) is 13.2. The van der Waals surface area contributed by atoms with Crippen molar-refractivity contribution in [1.82, 2.24) is 0 Å². The summed E-state index contributed by atoms with van der Waals surface area (Å²) < 4.78 is 13.0. The zero-order chi connectivity index (χ0) is 32.6. The van der Waals surface area contributed by atoms with E-state index >= 15 is 0 Å². The van der Waals surface area contributed by atoms with Gasteiger partial charge in [0.05, 0.1) is 11.1 Å². The van der Waals surface area contributed by atoms with Crippen LogP contribution in [0.3, 0.4) is 0 Å². The van der Waals surface area contributed by atoms with Crippen molar-refractivity contribution in [2.24, 2.45) is 0 Å². The summed E-state index contributed by atoms with van der Waals surface area (Å²) in [5.41, 5.74) is 10.0. The topological polar surface area (TPSA) is 21.7 Å². The number of benzene rings is 8. The molecular formula is C46H31NO2. The van der Waals surface area contributed by atoms with Crippen LogP contribution in [0.25, 0.3) is 44.2 Å². The van der Waals surface area contributed by atoms with Crippen LogP contribution in [0.1, 0.15) is 0 Å². The van der Waals surface area contributed by atoms with Gasteiger partial charge in [-0.1, -0.05) is 133 Å². The van der Waals surface area contributed by atoms with Crippen LogP contribution >= 0.6 is 0 Å². The van der Waals surface area contributed by atoms with Crippen LogP contribution in [-0.4, -0.2) is 0 Å². The molecule has 8 aromatic rings. The van der Waals surface area contributed by atoms with Crippen LogP contribution < -0.4 is 14.4 Å². The molecule has 8 aromatic carbocycles. The Morgan fingerprint density at radius 1 is 0.327 bits per heavy atom. The molecule has 0 atom stereocenters. The van der Waals surface area contributed by atoms with Gasteiger partial charge in [0.15, 0.2) is 11.5 Å². The van der Waals surface area contributed by atoms with E-state index in [1.165, 1.54) is 11.1 Å². The third kappa shape index (κ3) is 5.28. The number of hydrogen-bond donors (Lipinski definition) is 0. The smallest absolute Gasteiger partial charge is 0.170 e. The van der Waals surface area contributed by atoms with Crippen molar-refractivity contribution in [3.05, 3.63) is 188 Å². The summed E-state index contributed by atoms with van der Waals surface area (Å²) >= 11 is 0. The molecule has 1 heterocycles. The maximum absolute atomic E-state index is 6.57. The van der Waals surface area contributed by atoms with E-state index in [0.717, 1.165) is 61.6 Å². The summed E-state index contributed by atoms with van der Waals surface area (Å²) in [6.45, 7) is 0. The Bertz CT molecular complexity index is 2430. The summed E-state index contributed by atoms with van der Waals surface area (Å²) in [7, 11) is 0. The minimum atomic E-state index is 0.689. The van der Waals surface area contributed by atoms with Gasteiger partial charge in [0.25, 0.3) is 0 Å². The third-order valence-corrected chi connectivity index (χ3v) is 9.13. The van der Waals surface area contributed by atoms with Crippen LogP contribution in [0.2, 0.25) is 0 Å². The Morgan fingerprint density at radius 2 is 0.878 bits per heavy atom. The molecule has 0 aliphatic carbocycles. The normalized spacial score (nSPS) is 11.6. The largest absolute Gasteiger partial charge is 0.453 e. The highest BCUT2D eigenvalue weighted by molar-refractivity contribution is 5.96. The Kier molecular flexibility index (Phi) is 7.14. The summed E-state index contributed by atoms with van der Waals surface area (Å²) in [5.74, 6) is 2.97. The first-order valence-corrected chi connectivity index (χ1v) is 16.5. The van der Waals surface area contributed by atoms with Gasteiger partial charge >= 0.3 is 0 Å². The monoisotopic (exact) mass is 629 g/mol. The molecule has 3 heteroatoms. The molecule has 0 radical (unpaired) electrons. The summed E-state index contributed by atoms with van der Waals surface area (Å²) in [6, 6.07) is 65.6. The maximum atomic E-state index is 6.57. The SMILES string of the molecule is c1ccc(-c2ccc(N(c3ccccc3)c3ccccc3-c3ccccc3-c3ccc4c(c3)Oc3cccc5cccc(c35)O4)cc2)cc1. The zero-order valence-electron chi connectivity index (χ0n) is 26.7. The first-order chi connectivity index (χ1) is 24.3. The Balaban J connectivity index is 1.15. The second-order valence-corrected chi connectivity index (χ2v) is 12.1. The average molecular weight is 630 g/mol. The maximum Gasteiger partial charge on any atom is 0.170 e. The van der Waals surface area contributed by atoms with Gasteiger partial charge in [-0.15, -0.1) is 0 Å². The van der Waals surface area contributed by atoms with E-state index in [4.69, 9.17) is 9.47 Å². The highest BCUT2D eigenvalue weighted by Gasteiger charge is 2.22. The van der Waals surface area contributed by atoms with E-state index in [9.17, 15) is 0 Å². The number of hydrogen-bond acceptors (Lipinski definition) is 3. The number of ether oxygens (including phenoxy) is 2. The molecule has 49 heavy (non-hydrogen) atoms. The van der Waals surface area contributed by atoms with Crippen LogP contribution in [0.5, 0.6) is 23.0 Å². The Hall–Kier alpha value is -6.58. The van der Waals surface area contributed by atoms with Crippen LogP contribution in [0.4, 0.5) is 17.1 Å². The van der Waals surface area contributed by atoms with Crippen molar-refractivity contribution >= 4 is 27.8 Å². The van der Waals surface area contributed by atoms with Crippen LogP contribution in [0.15, 0.2) is 188 Å². The lowest BCUT2D eigenvalue weighted by atomic mass is 9.92. The van der Waals surface area contributed by atoms with Crippen LogP contribution in [-0.2, 0) is 0 Å². The standard InChI is InChI=1S/C46H31NO2/c1-3-13-32(14-4-1)33-25-28-37(29-26-33)47(36-17-5-2-6-18-36)41-22-10-9-21-40(41)39-20-8-7-19-38(39)35-27-30-42-45(31-35)49-44-24-12-16-34-15-11-23-43(48-42)46(34)44/h1-31H. The first-order valence-electron chi connectivity index (χ1n) is 16.5. The molecule has 9 rings (SSSR count). The van der Waals surface area contributed by atoms with E-state index < -0.39 is 0 Å². The Morgan fingerprint density at radius 3 is 1.61 bits per heavy atom. The van der Waals surface area contributed by atoms with E-state index in [0.29, 0.717) is 11.5 Å². The number of fused-ring (bicyclic) bond motifs is 1. The van der Waals surface area contributed by atoms with Gasteiger partial charge < -0.3 is 14.4 Å². The summed E-state index contributed by atoms with van der Waals surface area (Å²) in [5, 5.41) is 2.07. The van der Waals surface area contributed by atoms with Gasteiger partial charge in [-0.2, -0.15) is 0 Å². The molecule has 0 N–H and O–H groups in total. The summed E-state index contributed by atoms with van der Waals surface area (Å²) in [6.07, 6.45) is 0. The minimum Gasteiger partial charge on any atom is -0.453 e. The van der Waals surface area contributed by atoms with Gasteiger partial charge in [-0.05, 0) is 87.8 Å². The lowest BCUT2D eigenvalue weighted by molar-refractivity contribution is 0.439. The quantitative estimate of drug-likeness (QED) is 0.183. The predicted molar refractivity (Wildman–Crippen MR) is 202 cm³/mol. The fourth-order valence-electron chi connectivity index (χ4n) is 6.82. The number of anilines is 3. The van der Waals surface area contributed by atoms with Gasteiger partial charge in [0.1, 0.15) is 11.5 Å². The first kappa shape index (κ1) is 28.6. The van der Waals surface area contributed by atoms with Crippen molar-refractivity contribution in [3.63, 3.8) is 0 Å². The van der Waals surface area contributed by atoms with Crippen molar-refractivity contribution < 1.29 is 9.47 Å². The molecule has 3 nitrogen and oxygen atoms in total. The fraction of sp³-hybridized carbons (Fsp3) is 0. The van der Waals surface area contributed by atoms with Crippen molar-refractivity contribution in [1.29, 1.82) is 0 Å². The number of rotatable bonds is 6. The molecule has 0 saturated carbocycles. The molecule has 0 amide bonds. The number of nitrogens with zero attached hydrogens (tertiary/aromatic N) is 1. The molecule has 232 valence electrons. The molecule has 0 bridgehead atoms. The van der Waals surface area contributed by atoms with E-state index in [1.54, 1.807) is 0 Å². The highest BCUT2D eigenvalue weighted by Crippen LogP contribution is 2.48. The fourth-order valence-corrected chi connectivity index (χ4v) is 6.82. The molecular weight excluding hydrogens is 599 g/mol. The average Bonchev–Trinajstić information content (AvgIpc) is 3.33. The molecule has 1 aliphatic rings. The summed E-state index contributed by atoms with van der Waals surface area (Å²) in [4.78, 5) is 2.34. The van der Waals surface area contributed by atoms with Crippen molar-refractivity contribution in [2.75, 3.05) is 4.90 Å². The second-order valence-electron chi connectivity index (χ2n) is 12.1. The molecule has 0 spiro atoms. The lowest BCUT2D eigenvalue weighted by Crippen LogP contribution is -2.11. The van der Waals surface area contributed by atoms with Gasteiger partial charge in [0, 0.05) is 16.9 Å². The van der Waals surface area contributed by atoms with Crippen LogP contribution in [0, 0.1) is 0 Å². The number of para-hydroxylation sites is 2. The third-order valence-electron chi connectivity index (χ3n) is 9.13. The zero-order valence-corrected chi connectivity index (χ0v) is 26.7. The van der Waals surface area contributed by atoms with Gasteiger partial charge in [-0.25, -0.2) is 0 Å². The van der Waals surface area contributed by atoms with Gasteiger partial charge in [-0.3, -0.25) is 0 Å². The Labute approximate surface area is 285 Å². The van der Waals surface area contributed by atoms with Crippen molar-refractivity contribution in [2.45, 2.75) is 0 Å². The molecule has 0 saturated heterocycles. The van der Waals surface area contributed by atoms with E-state index in [1.807, 2.05) is 30.3 Å². The highest BCUT2D eigenvalue weighted by atomic mass is 16.5. The van der Waals surface area contributed by atoms with Gasteiger partial charge in [0.2, 0.25) is 0 Å². The van der Waals surface area contributed by atoms with E-state index in [2.05, 4.69) is 163 Å². The molecule has 0 fully saturated rings. The molecule has 0 unspecified atom stereocenters. The van der Waals surface area contributed by atoms with Crippen molar-refractivity contribution in [3.8, 4) is 56.4 Å². The lowest BCUT2D eigenvalue weighted by Gasteiger charge is -2.28. The second kappa shape index (κ2) is 12.2. The molecule has 0 aromatic heterocycles. The molecule has 1 aliphatic heterocycles.